The fourth-order valence-electron chi connectivity index (χ4n) is 6.94. The Bertz CT molecular complexity index is 2350. The first-order valence-electron chi connectivity index (χ1n) is 15.5. The van der Waals surface area contributed by atoms with E-state index in [0.717, 1.165) is 11.4 Å². The van der Waals surface area contributed by atoms with Gasteiger partial charge in [-0.2, -0.15) is 0 Å². The number of anilines is 3. The molecule has 1 aliphatic carbocycles. The molecule has 0 saturated heterocycles. The van der Waals surface area contributed by atoms with Crippen LogP contribution < -0.4 is 4.90 Å². The molecule has 1 heteroatoms. The van der Waals surface area contributed by atoms with Gasteiger partial charge in [0, 0.05) is 16.6 Å². The lowest BCUT2D eigenvalue weighted by Gasteiger charge is -2.31. The molecule has 0 amide bonds. The van der Waals surface area contributed by atoms with Crippen LogP contribution in [-0.4, -0.2) is 0 Å². The van der Waals surface area contributed by atoms with Crippen molar-refractivity contribution in [1.82, 2.24) is 0 Å². The molecule has 0 aromatic heterocycles. The van der Waals surface area contributed by atoms with E-state index in [4.69, 9.17) is 0 Å². The third-order valence-electron chi connectivity index (χ3n) is 9.16. The van der Waals surface area contributed by atoms with Crippen LogP contribution in [0.3, 0.4) is 0 Å². The SMILES string of the molecule is c1ccc(-c2ccc(N(c3ccccc3-c3ccccc3)c3cccc4cc5c(cc34)-c3cc4ccccc4cc3-5)cc2)cc1. The lowest BCUT2D eigenvalue weighted by Crippen LogP contribution is -2.12. The monoisotopic (exact) mass is 571 g/mol. The van der Waals surface area contributed by atoms with Crippen molar-refractivity contribution in [2.75, 3.05) is 4.90 Å². The van der Waals surface area contributed by atoms with Crippen LogP contribution in [0.15, 0.2) is 176 Å². The van der Waals surface area contributed by atoms with Gasteiger partial charge < -0.3 is 4.90 Å². The number of fused-ring (bicyclic) bond motifs is 6. The Kier molecular flexibility index (Phi) is 5.89. The van der Waals surface area contributed by atoms with E-state index in [1.807, 2.05) is 0 Å². The highest BCUT2D eigenvalue weighted by Gasteiger charge is 2.26. The summed E-state index contributed by atoms with van der Waals surface area (Å²) in [4.78, 5) is 2.44. The number of benzene rings is 8. The zero-order valence-electron chi connectivity index (χ0n) is 24.7. The second kappa shape index (κ2) is 10.4. The number of hydrogen-bond acceptors (Lipinski definition) is 1. The Labute approximate surface area is 263 Å². The summed E-state index contributed by atoms with van der Waals surface area (Å²) in [6.45, 7) is 0. The van der Waals surface area contributed by atoms with Crippen LogP contribution >= 0.6 is 0 Å². The Morgan fingerprint density at radius 3 is 1.47 bits per heavy atom. The van der Waals surface area contributed by atoms with Crippen LogP contribution in [0.4, 0.5) is 17.1 Å². The van der Waals surface area contributed by atoms with Crippen molar-refractivity contribution in [1.29, 1.82) is 0 Å². The largest absolute Gasteiger partial charge is 0.309 e. The summed E-state index contributed by atoms with van der Waals surface area (Å²) in [5, 5.41) is 5.06. The van der Waals surface area contributed by atoms with Gasteiger partial charge >= 0.3 is 0 Å². The first-order chi connectivity index (χ1) is 22.3. The average Bonchev–Trinajstić information content (AvgIpc) is 3.12. The van der Waals surface area contributed by atoms with Gasteiger partial charge in [0.1, 0.15) is 0 Å². The van der Waals surface area contributed by atoms with E-state index < -0.39 is 0 Å². The zero-order valence-corrected chi connectivity index (χ0v) is 24.7. The van der Waals surface area contributed by atoms with Gasteiger partial charge in [0.25, 0.3) is 0 Å². The van der Waals surface area contributed by atoms with Crippen molar-refractivity contribution in [2.24, 2.45) is 0 Å². The molecule has 0 spiro atoms. The molecule has 0 heterocycles. The predicted octanol–water partition coefficient (Wildman–Crippen LogP) is 12.4. The van der Waals surface area contributed by atoms with Gasteiger partial charge in [0.2, 0.25) is 0 Å². The third kappa shape index (κ3) is 4.24. The van der Waals surface area contributed by atoms with Crippen molar-refractivity contribution in [2.45, 2.75) is 0 Å². The van der Waals surface area contributed by atoms with Crippen molar-refractivity contribution in [3.63, 3.8) is 0 Å². The minimum atomic E-state index is 1.12. The minimum absolute atomic E-state index is 1.12. The van der Waals surface area contributed by atoms with E-state index in [1.54, 1.807) is 0 Å². The molecular weight excluding hydrogens is 542 g/mol. The summed E-state index contributed by atoms with van der Waals surface area (Å²) < 4.78 is 0. The summed E-state index contributed by atoms with van der Waals surface area (Å²) in [5.74, 6) is 0. The smallest absolute Gasteiger partial charge is 0.0540 e. The van der Waals surface area contributed by atoms with Crippen LogP contribution in [0.2, 0.25) is 0 Å². The van der Waals surface area contributed by atoms with E-state index in [2.05, 4.69) is 181 Å². The molecule has 45 heavy (non-hydrogen) atoms. The molecule has 0 atom stereocenters. The van der Waals surface area contributed by atoms with Gasteiger partial charge in [-0.1, -0.05) is 127 Å². The lowest BCUT2D eigenvalue weighted by atomic mass is 9.78. The number of hydrogen-bond donors (Lipinski definition) is 0. The Hall–Kier alpha value is -5.92. The minimum Gasteiger partial charge on any atom is -0.309 e. The molecule has 0 saturated carbocycles. The molecule has 9 rings (SSSR count). The van der Waals surface area contributed by atoms with Crippen molar-refractivity contribution in [3.05, 3.63) is 176 Å². The molecule has 0 unspecified atom stereocenters. The normalized spacial score (nSPS) is 11.6. The van der Waals surface area contributed by atoms with Crippen LogP contribution in [0.1, 0.15) is 0 Å². The second-order valence-corrected chi connectivity index (χ2v) is 11.8. The predicted molar refractivity (Wildman–Crippen MR) is 191 cm³/mol. The van der Waals surface area contributed by atoms with Crippen molar-refractivity contribution in [3.8, 4) is 44.5 Å². The molecule has 8 aromatic rings. The first kappa shape index (κ1) is 25.6. The molecule has 1 aliphatic rings. The standard InChI is InChI=1S/C44H29N/c1-3-12-30(13-4-1)31-22-24-36(25-23-31)45(43-20-10-9-19-37(43)32-14-5-2-6-15-32)44-21-11-18-35-28-41-39-26-33-16-7-8-17-34(33)27-40(39)42(41)29-38(35)44/h1-29H. The van der Waals surface area contributed by atoms with Gasteiger partial charge in [-0.05, 0) is 104 Å². The Balaban J connectivity index is 1.25. The quantitative estimate of drug-likeness (QED) is 0.199. The molecular formula is C44H29N. The van der Waals surface area contributed by atoms with Gasteiger partial charge in [0.05, 0.1) is 11.4 Å². The number of nitrogens with zero attached hydrogens (tertiary/aromatic N) is 1. The maximum atomic E-state index is 2.44. The van der Waals surface area contributed by atoms with Crippen LogP contribution in [0, 0.1) is 0 Å². The van der Waals surface area contributed by atoms with E-state index in [9.17, 15) is 0 Å². The summed E-state index contributed by atoms with van der Waals surface area (Å²) in [7, 11) is 0. The maximum Gasteiger partial charge on any atom is 0.0540 e. The first-order valence-corrected chi connectivity index (χ1v) is 15.5. The number of rotatable bonds is 5. The van der Waals surface area contributed by atoms with Gasteiger partial charge in [-0.15, -0.1) is 0 Å². The van der Waals surface area contributed by atoms with Crippen molar-refractivity contribution < 1.29 is 0 Å². The molecule has 210 valence electrons. The number of para-hydroxylation sites is 1. The van der Waals surface area contributed by atoms with Gasteiger partial charge in [0.15, 0.2) is 0 Å². The summed E-state index contributed by atoms with van der Waals surface area (Å²) in [6.07, 6.45) is 0. The molecule has 0 bridgehead atoms. The van der Waals surface area contributed by atoms with E-state index in [1.165, 1.54) is 71.7 Å². The summed E-state index contributed by atoms with van der Waals surface area (Å²) in [5.41, 5.74) is 13.6. The van der Waals surface area contributed by atoms with Gasteiger partial charge in [-0.25, -0.2) is 0 Å². The fraction of sp³-hybridized carbons (Fsp3) is 0. The average molecular weight is 572 g/mol. The Morgan fingerprint density at radius 1 is 0.289 bits per heavy atom. The van der Waals surface area contributed by atoms with E-state index in [0.29, 0.717) is 0 Å². The highest BCUT2D eigenvalue weighted by atomic mass is 15.1. The van der Waals surface area contributed by atoms with Gasteiger partial charge in [-0.3, -0.25) is 0 Å². The molecule has 8 aromatic carbocycles. The highest BCUT2D eigenvalue weighted by Crippen LogP contribution is 2.52. The summed E-state index contributed by atoms with van der Waals surface area (Å²) in [6, 6.07) is 63.9. The fourth-order valence-corrected chi connectivity index (χ4v) is 6.94. The molecule has 0 fully saturated rings. The van der Waals surface area contributed by atoms with Crippen LogP contribution in [0.25, 0.3) is 66.1 Å². The zero-order chi connectivity index (χ0) is 29.7. The topological polar surface area (TPSA) is 3.24 Å². The molecule has 0 radical (unpaired) electrons. The lowest BCUT2D eigenvalue weighted by molar-refractivity contribution is 1.30. The maximum absolute atomic E-state index is 2.44. The van der Waals surface area contributed by atoms with E-state index >= 15 is 0 Å². The van der Waals surface area contributed by atoms with Crippen molar-refractivity contribution >= 4 is 38.6 Å². The second-order valence-electron chi connectivity index (χ2n) is 11.8. The molecule has 1 nitrogen and oxygen atoms in total. The molecule has 0 aliphatic heterocycles. The summed E-state index contributed by atoms with van der Waals surface area (Å²) >= 11 is 0. The van der Waals surface area contributed by atoms with E-state index in [-0.39, 0.29) is 0 Å². The van der Waals surface area contributed by atoms with Crippen LogP contribution in [0.5, 0.6) is 0 Å². The Morgan fingerprint density at radius 2 is 0.778 bits per heavy atom. The highest BCUT2D eigenvalue weighted by molar-refractivity contribution is 6.14. The molecule has 0 N–H and O–H groups in total. The van der Waals surface area contributed by atoms with Crippen LogP contribution in [-0.2, 0) is 0 Å². The third-order valence-corrected chi connectivity index (χ3v) is 9.16.